The summed E-state index contributed by atoms with van der Waals surface area (Å²) < 4.78 is 5.00. The Morgan fingerprint density at radius 3 is 2.04 bits per heavy atom. The lowest BCUT2D eigenvalue weighted by atomic mass is 9.48. The lowest BCUT2D eigenvalue weighted by Crippen LogP contribution is -2.46. The maximum absolute atomic E-state index is 12.2. The summed E-state index contributed by atoms with van der Waals surface area (Å²) in [5.74, 6) is -0.137. The molecule has 1 aromatic carbocycles. The molecule has 0 aromatic heterocycles. The van der Waals surface area contributed by atoms with Gasteiger partial charge in [-0.3, -0.25) is 9.59 Å². The molecule has 2 N–H and O–H groups in total. The Kier molecular flexibility index (Phi) is 5.80. The minimum Gasteiger partial charge on any atom is -0.455 e. The standard InChI is InChI=1S/C22H26O4.H2O/c23-19(20(24)21(25)26-14-15-4-2-1-3-5-15)6-7-22-11-16-8-17(12-22)10-18(9-16)13-22;/h1-5,16-18H,6-14H2;1H2. The molecule has 5 rings (SSSR count). The largest absolute Gasteiger partial charge is 0.455 e. The number of hydrogen-bond donors (Lipinski definition) is 0. The van der Waals surface area contributed by atoms with E-state index in [1.807, 2.05) is 30.3 Å². The number of ether oxygens (including phenoxy) is 1. The molecule has 5 heteroatoms. The van der Waals surface area contributed by atoms with Crippen molar-refractivity contribution in [2.24, 2.45) is 23.2 Å². The van der Waals surface area contributed by atoms with Gasteiger partial charge in [-0.2, -0.15) is 0 Å². The van der Waals surface area contributed by atoms with Crippen molar-refractivity contribution in [3.8, 4) is 0 Å². The summed E-state index contributed by atoms with van der Waals surface area (Å²) in [5.41, 5.74) is 1.05. The maximum Gasteiger partial charge on any atom is 0.383 e. The number of benzene rings is 1. The van der Waals surface area contributed by atoms with Crippen molar-refractivity contribution in [1.29, 1.82) is 0 Å². The molecule has 4 bridgehead atoms. The van der Waals surface area contributed by atoms with Crippen molar-refractivity contribution < 1.29 is 24.6 Å². The molecule has 4 fully saturated rings. The van der Waals surface area contributed by atoms with Gasteiger partial charge in [0.15, 0.2) is 0 Å². The van der Waals surface area contributed by atoms with Crippen LogP contribution >= 0.6 is 0 Å². The lowest BCUT2D eigenvalue weighted by Gasteiger charge is -2.57. The number of Topliss-reactive ketones (excluding diaryl/α,β-unsaturated/α-hetero) is 2. The van der Waals surface area contributed by atoms with Gasteiger partial charge in [0.25, 0.3) is 0 Å². The molecule has 0 aliphatic heterocycles. The Hall–Kier alpha value is -2.01. The van der Waals surface area contributed by atoms with Gasteiger partial charge < -0.3 is 10.2 Å². The quantitative estimate of drug-likeness (QED) is 0.418. The molecule has 146 valence electrons. The molecule has 0 spiro atoms. The molecule has 4 aliphatic rings. The Balaban J connectivity index is 0.00000210. The van der Waals surface area contributed by atoms with Gasteiger partial charge in [-0.1, -0.05) is 30.3 Å². The molecule has 4 aliphatic carbocycles. The highest BCUT2D eigenvalue weighted by Gasteiger charge is 2.50. The summed E-state index contributed by atoms with van der Waals surface area (Å²) in [6.07, 6.45) is 8.64. The van der Waals surface area contributed by atoms with Gasteiger partial charge in [-0.15, -0.1) is 0 Å². The van der Waals surface area contributed by atoms with Crippen LogP contribution in [0.1, 0.15) is 56.9 Å². The van der Waals surface area contributed by atoms with Crippen LogP contribution in [0.15, 0.2) is 30.3 Å². The van der Waals surface area contributed by atoms with Crippen LogP contribution in [0.5, 0.6) is 0 Å². The molecule has 0 amide bonds. The molecule has 4 saturated carbocycles. The number of carbonyl (C=O) groups is 3. The summed E-state index contributed by atoms with van der Waals surface area (Å²) in [5, 5.41) is 0. The highest BCUT2D eigenvalue weighted by atomic mass is 16.5. The van der Waals surface area contributed by atoms with E-state index in [0.29, 0.717) is 0 Å². The second kappa shape index (κ2) is 7.93. The molecule has 0 radical (unpaired) electrons. The zero-order valence-corrected chi connectivity index (χ0v) is 15.6. The minimum absolute atomic E-state index is 0. The monoisotopic (exact) mass is 372 g/mol. The summed E-state index contributed by atoms with van der Waals surface area (Å²) in [7, 11) is 0. The van der Waals surface area contributed by atoms with E-state index in [4.69, 9.17) is 4.74 Å². The normalized spacial score (nSPS) is 30.4. The van der Waals surface area contributed by atoms with Crippen LogP contribution in [0.2, 0.25) is 0 Å². The molecule has 1 aromatic rings. The molecular weight excluding hydrogens is 344 g/mol. The number of ketones is 2. The Labute approximate surface area is 159 Å². The van der Waals surface area contributed by atoms with Gasteiger partial charge in [-0.05, 0) is 73.7 Å². The average molecular weight is 372 g/mol. The number of rotatable bonds is 7. The van der Waals surface area contributed by atoms with E-state index < -0.39 is 17.5 Å². The SMILES string of the molecule is O.O=C(CCC12CC3CC(CC(C3)C1)C2)C(=O)C(=O)OCc1ccccc1. The number of esters is 1. The molecule has 5 nitrogen and oxygen atoms in total. The van der Waals surface area contributed by atoms with Crippen molar-refractivity contribution in [3.05, 3.63) is 35.9 Å². The maximum atomic E-state index is 12.2. The number of carbonyl (C=O) groups excluding carboxylic acids is 3. The van der Waals surface area contributed by atoms with Crippen molar-refractivity contribution in [1.82, 2.24) is 0 Å². The first kappa shape index (κ1) is 19.7. The first-order valence-corrected chi connectivity index (χ1v) is 9.81. The fourth-order valence-corrected chi connectivity index (χ4v) is 5.99. The van der Waals surface area contributed by atoms with E-state index in [9.17, 15) is 14.4 Å². The third kappa shape index (κ3) is 4.29. The highest BCUT2D eigenvalue weighted by Crippen LogP contribution is 2.61. The van der Waals surface area contributed by atoms with Gasteiger partial charge in [0.2, 0.25) is 5.78 Å². The molecule has 0 atom stereocenters. The first-order valence-electron chi connectivity index (χ1n) is 9.81. The van der Waals surface area contributed by atoms with Crippen LogP contribution in [0, 0.1) is 23.2 Å². The van der Waals surface area contributed by atoms with E-state index in [2.05, 4.69) is 0 Å². The molecule has 0 heterocycles. The van der Waals surface area contributed by atoms with Crippen LogP contribution in [0.25, 0.3) is 0 Å². The summed E-state index contributed by atoms with van der Waals surface area (Å²) >= 11 is 0. The summed E-state index contributed by atoms with van der Waals surface area (Å²) in [6, 6.07) is 9.16. The topological polar surface area (TPSA) is 91.9 Å². The lowest BCUT2D eigenvalue weighted by molar-refractivity contribution is -0.158. The van der Waals surface area contributed by atoms with E-state index in [1.165, 1.54) is 38.5 Å². The van der Waals surface area contributed by atoms with Crippen molar-refractivity contribution in [3.63, 3.8) is 0 Å². The number of hydrogen-bond acceptors (Lipinski definition) is 4. The smallest absolute Gasteiger partial charge is 0.383 e. The van der Waals surface area contributed by atoms with Gasteiger partial charge in [-0.25, -0.2) is 4.79 Å². The zero-order chi connectivity index (χ0) is 18.1. The van der Waals surface area contributed by atoms with Crippen LogP contribution in [-0.2, 0) is 25.7 Å². The molecule has 0 saturated heterocycles. The Morgan fingerprint density at radius 1 is 0.926 bits per heavy atom. The molecule has 27 heavy (non-hydrogen) atoms. The first-order chi connectivity index (χ1) is 12.5. The van der Waals surface area contributed by atoms with E-state index in [0.717, 1.165) is 29.7 Å². The summed E-state index contributed by atoms with van der Waals surface area (Å²) in [4.78, 5) is 36.2. The van der Waals surface area contributed by atoms with Crippen LogP contribution in [0.3, 0.4) is 0 Å². The molecule has 0 unspecified atom stereocenters. The van der Waals surface area contributed by atoms with E-state index >= 15 is 0 Å². The van der Waals surface area contributed by atoms with Gasteiger partial charge in [0.05, 0.1) is 0 Å². The van der Waals surface area contributed by atoms with E-state index in [1.54, 1.807) is 0 Å². The second-order valence-corrected chi connectivity index (χ2v) is 8.73. The fourth-order valence-electron chi connectivity index (χ4n) is 5.99. The van der Waals surface area contributed by atoms with Crippen molar-refractivity contribution >= 4 is 17.5 Å². The minimum atomic E-state index is -1.02. The highest BCUT2D eigenvalue weighted by molar-refractivity contribution is 6.62. The fraction of sp³-hybridized carbons (Fsp3) is 0.591. The van der Waals surface area contributed by atoms with Crippen LogP contribution < -0.4 is 0 Å². The molecular formula is C22H28O5. The van der Waals surface area contributed by atoms with Gasteiger partial charge >= 0.3 is 11.8 Å². The third-order valence-electron chi connectivity index (χ3n) is 6.70. The summed E-state index contributed by atoms with van der Waals surface area (Å²) in [6.45, 7) is 0.0215. The Morgan fingerprint density at radius 2 is 1.48 bits per heavy atom. The van der Waals surface area contributed by atoms with Gasteiger partial charge in [0, 0.05) is 6.42 Å². The average Bonchev–Trinajstić information content (AvgIpc) is 2.63. The van der Waals surface area contributed by atoms with E-state index in [-0.39, 0.29) is 23.9 Å². The van der Waals surface area contributed by atoms with Crippen LogP contribution in [-0.4, -0.2) is 23.0 Å². The van der Waals surface area contributed by atoms with Crippen LogP contribution in [0.4, 0.5) is 0 Å². The second-order valence-electron chi connectivity index (χ2n) is 8.73. The van der Waals surface area contributed by atoms with Crippen molar-refractivity contribution in [2.45, 2.75) is 58.0 Å². The zero-order valence-electron chi connectivity index (χ0n) is 15.6. The predicted octanol–water partition coefficient (Wildman–Crippen LogP) is 3.04. The predicted molar refractivity (Wildman–Crippen MR) is 99.7 cm³/mol. The van der Waals surface area contributed by atoms with Crippen molar-refractivity contribution in [2.75, 3.05) is 0 Å². The Bertz CT molecular complexity index is 673. The third-order valence-corrected chi connectivity index (χ3v) is 6.70. The van der Waals surface area contributed by atoms with Gasteiger partial charge in [0.1, 0.15) is 6.61 Å².